The highest BCUT2D eigenvalue weighted by Crippen LogP contribution is 2.09. The molecule has 0 saturated carbocycles. The number of amidine groups is 2. The molecule has 3 heterocycles. The number of nitrogens with zero attached hydrogens (tertiary/aromatic N) is 4. The van der Waals surface area contributed by atoms with Crippen molar-refractivity contribution in [1.29, 1.82) is 0 Å². The van der Waals surface area contributed by atoms with E-state index in [4.69, 9.17) is 5.73 Å². The van der Waals surface area contributed by atoms with Gasteiger partial charge in [0.25, 0.3) is 0 Å². The fourth-order valence-corrected chi connectivity index (χ4v) is 2.54. The van der Waals surface area contributed by atoms with Gasteiger partial charge in [0, 0.05) is 32.1 Å². The van der Waals surface area contributed by atoms with E-state index in [2.05, 4.69) is 41.7 Å². The molecule has 0 bridgehead atoms. The second-order valence-corrected chi connectivity index (χ2v) is 6.33. The molecular weight excluding hydrogens is 386 g/mol. The highest BCUT2D eigenvalue weighted by molar-refractivity contribution is 6.04. The minimum absolute atomic E-state index is 0.109. The summed E-state index contributed by atoms with van der Waals surface area (Å²) in [6.45, 7) is 0.833. The van der Waals surface area contributed by atoms with Gasteiger partial charge in [0.15, 0.2) is 11.7 Å². The van der Waals surface area contributed by atoms with Crippen molar-refractivity contribution >= 4 is 29.2 Å². The predicted molar refractivity (Wildman–Crippen MR) is 112 cm³/mol. The summed E-state index contributed by atoms with van der Waals surface area (Å²) in [5.41, 5.74) is 13.0. The third-order valence-corrected chi connectivity index (χ3v) is 4.02. The van der Waals surface area contributed by atoms with Crippen LogP contribution in [0.3, 0.4) is 0 Å². The van der Waals surface area contributed by atoms with Crippen LogP contribution in [-0.4, -0.2) is 46.5 Å². The fraction of sp³-hybridized carbons (Fsp3) is 0.263. The molecule has 1 aliphatic heterocycles. The van der Waals surface area contributed by atoms with Crippen LogP contribution in [0.5, 0.6) is 0 Å². The highest BCUT2D eigenvalue weighted by atomic mass is 16.2. The van der Waals surface area contributed by atoms with Gasteiger partial charge in [-0.25, -0.2) is 0 Å². The quantitative estimate of drug-likeness (QED) is 0.386. The standard InChI is InChI=1S/C19H23N9O2/c20-9-11-22-16(29)5-3-6-17(30)24-13-7-8-15(23-12-13)19-27-25-18(26-28-19)14-4-1-2-10-21-14/h1-2,4,7-8,10,12H,3,5-6,9,11,20H2,(H,22,29)(H,24,30)(H,25,26)(H,27,28). The minimum atomic E-state index is -0.185. The number of aromatic nitrogens is 2. The molecule has 2 aromatic heterocycles. The number of nitrogens with one attached hydrogen (secondary N) is 4. The molecule has 0 spiro atoms. The molecule has 156 valence electrons. The van der Waals surface area contributed by atoms with Crippen LogP contribution in [0.15, 0.2) is 52.9 Å². The van der Waals surface area contributed by atoms with E-state index in [1.54, 1.807) is 18.3 Å². The van der Waals surface area contributed by atoms with Gasteiger partial charge in [-0.2, -0.15) is 0 Å². The van der Waals surface area contributed by atoms with E-state index in [1.165, 1.54) is 6.20 Å². The molecule has 11 heteroatoms. The molecule has 1 aliphatic rings. The monoisotopic (exact) mass is 409 g/mol. The van der Waals surface area contributed by atoms with E-state index >= 15 is 0 Å². The lowest BCUT2D eigenvalue weighted by atomic mass is 10.2. The first-order chi connectivity index (χ1) is 14.7. The van der Waals surface area contributed by atoms with Crippen molar-refractivity contribution in [3.8, 4) is 0 Å². The van der Waals surface area contributed by atoms with Gasteiger partial charge in [0.1, 0.15) is 11.4 Å². The third kappa shape index (κ3) is 6.07. The zero-order chi connectivity index (χ0) is 21.2. The van der Waals surface area contributed by atoms with Gasteiger partial charge in [-0.1, -0.05) is 6.07 Å². The Kier molecular flexibility index (Phi) is 7.39. The average molecular weight is 409 g/mol. The van der Waals surface area contributed by atoms with E-state index in [1.807, 2.05) is 18.2 Å². The first kappa shape index (κ1) is 20.9. The summed E-state index contributed by atoms with van der Waals surface area (Å²) in [4.78, 5) is 32.0. The van der Waals surface area contributed by atoms with Crippen LogP contribution >= 0.6 is 0 Å². The summed E-state index contributed by atoms with van der Waals surface area (Å²) in [7, 11) is 0. The number of rotatable bonds is 9. The van der Waals surface area contributed by atoms with Crippen molar-refractivity contribution in [2.75, 3.05) is 18.4 Å². The molecule has 0 aromatic carbocycles. The summed E-state index contributed by atoms with van der Waals surface area (Å²) < 4.78 is 0. The lowest BCUT2D eigenvalue weighted by Crippen LogP contribution is -2.45. The number of amides is 2. The molecule has 0 atom stereocenters. The Morgan fingerprint density at radius 3 is 2.27 bits per heavy atom. The maximum Gasteiger partial charge on any atom is 0.224 e. The van der Waals surface area contributed by atoms with Crippen molar-refractivity contribution in [2.24, 2.45) is 15.9 Å². The van der Waals surface area contributed by atoms with Crippen molar-refractivity contribution in [1.82, 2.24) is 26.1 Å². The Labute approximate surface area is 173 Å². The largest absolute Gasteiger partial charge is 0.355 e. The molecule has 0 fully saturated rings. The Bertz CT molecular complexity index is 927. The van der Waals surface area contributed by atoms with Crippen molar-refractivity contribution in [3.05, 3.63) is 54.1 Å². The van der Waals surface area contributed by atoms with Crippen LogP contribution in [0.25, 0.3) is 0 Å². The zero-order valence-electron chi connectivity index (χ0n) is 16.3. The molecule has 0 saturated heterocycles. The molecule has 0 radical (unpaired) electrons. The maximum absolute atomic E-state index is 12.0. The number of hydrazine groups is 1. The third-order valence-electron chi connectivity index (χ3n) is 4.02. The highest BCUT2D eigenvalue weighted by Gasteiger charge is 2.13. The van der Waals surface area contributed by atoms with E-state index in [9.17, 15) is 9.59 Å². The number of anilines is 1. The molecule has 3 rings (SSSR count). The second-order valence-electron chi connectivity index (χ2n) is 6.33. The molecule has 30 heavy (non-hydrogen) atoms. The number of hydrogen-bond acceptors (Lipinski definition) is 9. The number of nitrogens with two attached hydrogens (primary N) is 1. The first-order valence-electron chi connectivity index (χ1n) is 9.48. The summed E-state index contributed by atoms with van der Waals surface area (Å²) in [5.74, 6) is 0.647. The Balaban J connectivity index is 1.49. The average Bonchev–Trinajstić information content (AvgIpc) is 2.79. The molecular formula is C19H23N9O2. The smallest absolute Gasteiger partial charge is 0.224 e. The predicted octanol–water partition coefficient (Wildman–Crippen LogP) is -0.123. The SMILES string of the molecule is NCCNC(=O)CCCC(=O)Nc1ccc(C2=NN=C(c3ccccn3)NN2)nc1. The normalized spacial score (nSPS) is 12.7. The molecule has 2 aromatic rings. The summed E-state index contributed by atoms with van der Waals surface area (Å²) in [6.07, 6.45) is 4.18. The van der Waals surface area contributed by atoms with Crippen molar-refractivity contribution < 1.29 is 9.59 Å². The topological polar surface area (TPSA) is 159 Å². The van der Waals surface area contributed by atoms with E-state index < -0.39 is 0 Å². The Hall–Kier alpha value is -3.86. The van der Waals surface area contributed by atoms with E-state index in [0.29, 0.717) is 48.3 Å². The molecule has 6 N–H and O–H groups in total. The second kappa shape index (κ2) is 10.6. The van der Waals surface area contributed by atoms with Crippen LogP contribution in [0.1, 0.15) is 30.7 Å². The molecule has 11 nitrogen and oxygen atoms in total. The van der Waals surface area contributed by atoms with E-state index in [-0.39, 0.29) is 24.7 Å². The van der Waals surface area contributed by atoms with Gasteiger partial charge in [0.2, 0.25) is 11.8 Å². The van der Waals surface area contributed by atoms with Gasteiger partial charge in [0.05, 0.1) is 11.9 Å². The first-order valence-corrected chi connectivity index (χ1v) is 9.48. The van der Waals surface area contributed by atoms with E-state index in [0.717, 1.165) is 0 Å². The number of hydrogen-bond donors (Lipinski definition) is 5. The van der Waals surface area contributed by atoms with Gasteiger partial charge in [-0.05, 0) is 30.7 Å². The number of pyridine rings is 2. The van der Waals surface area contributed by atoms with Gasteiger partial charge < -0.3 is 16.4 Å². The molecule has 2 amide bonds. The Morgan fingerprint density at radius 1 is 0.933 bits per heavy atom. The number of carbonyl (C=O) groups excluding carboxylic acids is 2. The van der Waals surface area contributed by atoms with Crippen LogP contribution < -0.4 is 27.2 Å². The molecule has 0 unspecified atom stereocenters. The van der Waals surface area contributed by atoms with Gasteiger partial charge in [-0.3, -0.25) is 30.4 Å². The Morgan fingerprint density at radius 2 is 1.67 bits per heavy atom. The summed E-state index contributed by atoms with van der Waals surface area (Å²) in [6, 6.07) is 8.92. The fourth-order valence-electron chi connectivity index (χ4n) is 2.54. The van der Waals surface area contributed by atoms with Crippen molar-refractivity contribution in [2.45, 2.75) is 19.3 Å². The van der Waals surface area contributed by atoms with Gasteiger partial charge in [-0.15, -0.1) is 10.2 Å². The summed E-state index contributed by atoms with van der Waals surface area (Å²) in [5, 5.41) is 13.7. The maximum atomic E-state index is 12.0. The van der Waals surface area contributed by atoms with Crippen LogP contribution in [0.4, 0.5) is 5.69 Å². The lowest BCUT2D eigenvalue weighted by molar-refractivity contribution is -0.121. The molecule has 0 aliphatic carbocycles. The van der Waals surface area contributed by atoms with Crippen LogP contribution in [0.2, 0.25) is 0 Å². The van der Waals surface area contributed by atoms with Crippen LogP contribution in [-0.2, 0) is 9.59 Å². The summed E-state index contributed by atoms with van der Waals surface area (Å²) >= 11 is 0. The van der Waals surface area contributed by atoms with Gasteiger partial charge >= 0.3 is 0 Å². The lowest BCUT2D eigenvalue weighted by Gasteiger charge is -2.16. The number of carbonyl (C=O) groups is 2. The van der Waals surface area contributed by atoms with Crippen LogP contribution in [0, 0.1) is 0 Å². The van der Waals surface area contributed by atoms with Crippen molar-refractivity contribution in [3.63, 3.8) is 0 Å². The minimum Gasteiger partial charge on any atom is -0.355 e. The zero-order valence-corrected chi connectivity index (χ0v) is 16.3.